The van der Waals surface area contributed by atoms with Gasteiger partial charge in [0, 0.05) is 31.6 Å². The van der Waals surface area contributed by atoms with Crippen molar-refractivity contribution in [3.8, 4) is 11.3 Å². The Morgan fingerprint density at radius 2 is 1.79 bits per heavy atom. The highest BCUT2D eigenvalue weighted by Crippen LogP contribution is 2.31. The summed E-state index contributed by atoms with van der Waals surface area (Å²) in [5.41, 5.74) is 5.62. The molecule has 3 amide bonds. The van der Waals surface area contributed by atoms with Crippen LogP contribution in [0.25, 0.3) is 11.3 Å². The minimum absolute atomic E-state index is 0.0229. The van der Waals surface area contributed by atoms with Gasteiger partial charge in [-0.2, -0.15) is 0 Å². The molecule has 3 heterocycles. The SMILES string of the molecule is C[C@@H]1CN(c2ccncc2NC(=O)c2nc(-c3c(F)cccc3F)ccc2N)CC[C@@H]1OC(=O)NC(=O)OC(C)(C)C. The molecule has 13 heteroatoms. The summed E-state index contributed by atoms with van der Waals surface area (Å²) in [6, 6.07) is 7.85. The van der Waals surface area contributed by atoms with Crippen LogP contribution in [0.4, 0.5) is 35.4 Å². The van der Waals surface area contributed by atoms with Crippen molar-refractivity contribution in [2.45, 2.75) is 45.8 Å². The quantitative estimate of drug-likeness (QED) is 0.372. The van der Waals surface area contributed by atoms with Gasteiger partial charge in [-0.05, 0) is 51.1 Å². The van der Waals surface area contributed by atoms with E-state index in [1.165, 1.54) is 24.4 Å². The Labute approximate surface area is 241 Å². The fraction of sp³-hybridized carbons (Fsp3) is 0.345. The Kier molecular flexibility index (Phi) is 8.88. The molecule has 222 valence electrons. The van der Waals surface area contributed by atoms with Crippen molar-refractivity contribution in [1.82, 2.24) is 15.3 Å². The summed E-state index contributed by atoms with van der Waals surface area (Å²) < 4.78 is 39.2. The molecule has 4 rings (SSSR count). The van der Waals surface area contributed by atoms with E-state index in [0.29, 0.717) is 30.9 Å². The highest BCUT2D eigenvalue weighted by molar-refractivity contribution is 6.08. The summed E-state index contributed by atoms with van der Waals surface area (Å²) in [4.78, 5) is 47.6. The standard InChI is InChI=1S/C29H32F2N6O5/c1-16-15-37(13-11-23(16)41-27(39)36-28(40)42-29(2,3)4)22-10-12-33-14-21(22)35-26(38)25-19(32)8-9-20(34-25)24-17(30)6-5-7-18(24)31/h5-10,12,14,16,23H,11,13,15,32H2,1-4H3,(H,35,38)(H,36,39,40)/t16-,23+/m1/s1. The highest BCUT2D eigenvalue weighted by Gasteiger charge is 2.31. The van der Waals surface area contributed by atoms with Gasteiger partial charge in [0.15, 0.2) is 5.69 Å². The second-order valence-electron chi connectivity index (χ2n) is 10.9. The number of benzene rings is 1. The van der Waals surface area contributed by atoms with E-state index in [0.717, 1.165) is 12.1 Å². The number of hydrogen-bond acceptors (Lipinski definition) is 9. The molecule has 2 atom stereocenters. The Morgan fingerprint density at radius 3 is 2.45 bits per heavy atom. The fourth-order valence-corrected chi connectivity index (χ4v) is 4.55. The molecule has 1 aliphatic rings. The first-order valence-corrected chi connectivity index (χ1v) is 13.2. The number of pyridine rings is 2. The molecule has 1 fully saturated rings. The first kappa shape index (κ1) is 30.2. The molecule has 2 aromatic heterocycles. The molecule has 42 heavy (non-hydrogen) atoms. The first-order valence-electron chi connectivity index (χ1n) is 13.2. The maximum atomic E-state index is 14.3. The number of piperidine rings is 1. The van der Waals surface area contributed by atoms with Crippen LogP contribution in [0.3, 0.4) is 0 Å². The van der Waals surface area contributed by atoms with Gasteiger partial charge < -0.3 is 25.4 Å². The third kappa shape index (κ3) is 7.28. The number of anilines is 3. The molecule has 11 nitrogen and oxygen atoms in total. The van der Waals surface area contributed by atoms with E-state index in [4.69, 9.17) is 15.2 Å². The summed E-state index contributed by atoms with van der Waals surface area (Å²) in [5, 5.41) is 4.82. The molecule has 4 N–H and O–H groups in total. The number of aromatic nitrogens is 2. The zero-order valence-corrected chi connectivity index (χ0v) is 23.6. The Bertz CT molecular complexity index is 1480. The number of ether oxygens (including phenoxy) is 2. The van der Waals surface area contributed by atoms with E-state index in [-0.39, 0.29) is 28.6 Å². The number of carbonyl (C=O) groups is 3. The normalized spacial score (nSPS) is 16.9. The summed E-state index contributed by atoms with van der Waals surface area (Å²) in [6.45, 7) is 7.86. The summed E-state index contributed by atoms with van der Waals surface area (Å²) in [6.07, 6.45) is 1.23. The zero-order chi connectivity index (χ0) is 30.6. The maximum absolute atomic E-state index is 14.3. The number of halogens is 2. The lowest BCUT2D eigenvalue weighted by atomic mass is 9.96. The van der Waals surface area contributed by atoms with Gasteiger partial charge in [0.25, 0.3) is 5.91 Å². The van der Waals surface area contributed by atoms with E-state index in [1.54, 1.807) is 33.0 Å². The molecule has 0 bridgehead atoms. The van der Waals surface area contributed by atoms with Crippen molar-refractivity contribution in [2.75, 3.05) is 29.0 Å². The summed E-state index contributed by atoms with van der Waals surface area (Å²) in [5.74, 6) is -2.47. The maximum Gasteiger partial charge on any atom is 0.417 e. The topological polar surface area (TPSA) is 149 Å². The minimum Gasteiger partial charge on any atom is -0.445 e. The van der Waals surface area contributed by atoms with Crippen LogP contribution in [0, 0.1) is 17.6 Å². The molecular formula is C29H32F2N6O5. The van der Waals surface area contributed by atoms with Crippen molar-refractivity contribution in [1.29, 1.82) is 0 Å². The number of hydrogen-bond donors (Lipinski definition) is 3. The van der Waals surface area contributed by atoms with Gasteiger partial charge in [-0.25, -0.2) is 28.7 Å². The number of rotatable bonds is 5. The number of nitrogens with one attached hydrogen (secondary N) is 2. The molecule has 1 saturated heterocycles. The van der Waals surface area contributed by atoms with Crippen LogP contribution in [-0.2, 0) is 9.47 Å². The van der Waals surface area contributed by atoms with Crippen molar-refractivity contribution in [3.05, 3.63) is 66.1 Å². The van der Waals surface area contributed by atoms with Crippen molar-refractivity contribution < 1.29 is 32.6 Å². The predicted octanol–water partition coefficient (Wildman–Crippen LogP) is 5.13. The van der Waals surface area contributed by atoms with Crippen molar-refractivity contribution in [3.63, 3.8) is 0 Å². The molecule has 1 aromatic carbocycles. The first-order chi connectivity index (χ1) is 19.8. The van der Waals surface area contributed by atoms with Crippen LogP contribution in [0.5, 0.6) is 0 Å². The lowest BCUT2D eigenvalue weighted by molar-refractivity contribution is 0.0368. The second kappa shape index (κ2) is 12.4. The molecule has 3 aromatic rings. The molecule has 1 aliphatic heterocycles. The van der Waals surface area contributed by atoms with Crippen LogP contribution in [-0.4, -0.2) is 52.9 Å². The number of alkyl carbamates (subject to hydrolysis) is 2. The molecular weight excluding hydrogens is 550 g/mol. The number of imide groups is 1. The molecule has 0 unspecified atom stereocenters. The number of amides is 3. The Morgan fingerprint density at radius 1 is 1.07 bits per heavy atom. The van der Waals surface area contributed by atoms with Gasteiger partial charge in [0.1, 0.15) is 23.3 Å². The highest BCUT2D eigenvalue weighted by atomic mass is 19.1. The molecule has 0 saturated carbocycles. The van der Waals surface area contributed by atoms with E-state index in [1.807, 2.05) is 11.8 Å². The lowest BCUT2D eigenvalue weighted by Crippen LogP contribution is -2.46. The summed E-state index contributed by atoms with van der Waals surface area (Å²) in [7, 11) is 0. The van der Waals surface area contributed by atoms with Crippen LogP contribution in [0.2, 0.25) is 0 Å². The number of nitrogen functional groups attached to an aromatic ring is 1. The zero-order valence-electron chi connectivity index (χ0n) is 23.6. The van der Waals surface area contributed by atoms with E-state index < -0.39 is 41.4 Å². The third-order valence-corrected chi connectivity index (χ3v) is 6.44. The van der Waals surface area contributed by atoms with Crippen molar-refractivity contribution >= 4 is 35.2 Å². The number of nitrogens with zero attached hydrogens (tertiary/aromatic N) is 3. The van der Waals surface area contributed by atoms with Crippen LogP contribution >= 0.6 is 0 Å². The van der Waals surface area contributed by atoms with Gasteiger partial charge in [-0.1, -0.05) is 13.0 Å². The molecule has 0 spiro atoms. The van der Waals surface area contributed by atoms with Gasteiger partial charge in [0.2, 0.25) is 0 Å². The van der Waals surface area contributed by atoms with Crippen LogP contribution in [0.1, 0.15) is 44.6 Å². The van der Waals surface area contributed by atoms with Crippen LogP contribution < -0.4 is 21.3 Å². The largest absolute Gasteiger partial charge is 0.445 e. The average Bonchev–Trinajstić information content (AvgIpc) is 2.89. The number of nitrogens with two attached hydrogens (primary N) is 1. The smallest absolute Gasteiger partial charge is 0.417 e. The van der Waals surface area contributed by atoms with Crippen molar-refractivity contribution in [2.24, 2.45) is 5.92 Å². The molecule has 0 aliphatic carbocycles. The fourth-order valence-electron chi connectivity index (χ4n) is 4.55. The average molecular weight is 583 g/mol. The van der Waals surface area contributed by atoms with E-state index >= 15 is 0 Å². The Balaban J connectivity index is 1.45. The lowest BCUT2D eigenvalue weighted by Gasteiger charge is -2.38. The minimum atomic E-state index is -0.894. The monoisotopic (exact) mass is 582 g/mol. The summed E-state index contributed by atoms with van der Waals surface area (Å²) >= 11 is 0. The van der Waals surface area contributed by atoms with Gasteiger partial charge >= 0.3 is 12.2 Å². The number of carbonyl (C=O) groups excluding carboxylic acids is 3. The second-order valence-corrected chi connectivity index (χ2v) is 10.9. The van der Waals surface area contributed by atoms with E-state index in [9.17, 15) is 23.2 Å². The Hall–Kier alpha value is -4.81. The molecule has 0 radical (unpaired) electrons. The van der Waals surface area contributed by atoms with E-state index in [2.05, 4.69) is 20.6 Å². The third-order valence-electron chi connectivity index (χ3n) is 6.44. The van der Waals surface area contributed by atoms with Gasteiger partial charge in [0.05, 0.1) is 34.5 Å². The van der Waals surface area contributed by atoms with Crippen LogP contribution in [0.15, 0.2) is 48.8 Å². The van der Waals surface area contributed by atoms with Gasteiger partial charge in [-0.15, -0.1) is 0 Å². The predicted molar refractivity (Wildman–Crippen MR) is 152 cm³/mol. The van der Waals surface area contributed by atoms with Gasteiger partial charge in [-0.3, -0.25) is 9.78 Å².